The van der Waals surface area contributed by atoms with Gasteiger partial charge in [-0.05, 0) is 47.1 Å². The van der Waals surface area contributed by atoms with Crippen LogP contribution in [-0.2, 0) is 6.54 Å². The van der Waals surface area contributed by atoms with Crippen LogP contribution in [0.25, 0.3) is 11.3 Å². The van der Waals surface area contributed by atoms with Gasteiger partial charge in [-0.1, -0.05) is 5.21 Å². The number of aryl methyl sites for hydroxylation is 1. The van der Waals surface area contributed by atoms with E-state index in [1.54, 1.807) is 16.8 Å². The fourth-order valence-corrected chi connectivity index (χ4v) is 1.83. The maximum Gasteiger partial charge on any atom is 0.137 e. The highest BCUT2D eigenvalue weighted by atomic mass is 79.9. The highest BCUT2D eigenvalue weighted by molar-refractivity contribution is 9.10. The molecule has 0 saturated carbocycles. The lowest BCUT2D eigenvalue weighted by molar-refractivity contribution is 0.564. The number of rotatable bonds is 4. The largest absolute Gasteiger partial charge is 0.330 e. The molecule has 0 aliphatic carbocycles. The molecule has 1 heterocycles. The summed E-state index contributed by atoms with van der Waals surface area (Å²) in [6.07, 6.45) is 2.69. The van der Waals surface area contributed by atoms with E-state index in [0.29, 0.717) is 11.0 Å². The molecule has 0 bridgehead atoms. The Kier molecular flexibility index (Phi) is 3.86. The molecule has 0 amide bonds. The van der Waals surface area contributed by atoms with Crippen molar-refractivity contribution in [2.24, 2.45) is 5.73 Å². The van der Waals surface area contributed by atoms with Crippen molar-refractivity contribution in [2.75, 3.05) is 6.54 Å². The Morgan fingerprint density at radius 2 is 2.24 bits per heavy atom. The van der Waals surface area contributed by atoms with E-state index in [2.05, 4.69) is 26.2 Å². The van der Waals surface area contributed by atoms with E-state index in [1.165, 1.54) is 6.07 Å². The standard InChI is InChI=1S/C11H12BrFN4/c12-9-6-8(2-3-10(9)13)11-7-17(16-15-11)5-1-4-14/h2-3,6-7H,1,4-5,14H2. The first kappa shape index (κ1) is 12.2. The molecular formula is C11H12BrFN4. The molecule has 0 aliphatic heterocycles. The van der Waals surface area contributed by atoms with E-state index in [-0.39, 0.29) is 5.82 Å². The van der Waals surface area contributed by atoms with Crippen LogP contribution in [0.5, 0.6) is 0 Å². The summed E-state index contributed by atoms with van der Waals surface area (Å²) in [7, 11) is 0. The third kappa shape index (κ3) is 2.89. The van der Waals surface area contributed by atoms with Crippen LogP contribution < -0.4 is 5.73 Å². The third-order valence-corrected chi connectivity index (χ3v) is 2.95. The van der Waals surface area contributed by atoms with Gasteiger partial charge in [0.2, 0.25) is 0 Å². The molecule has 1 aromatic carbocycles. The topological polar surface area (TPSA) is 56.7 Å². The molecule has 0 radical (unpaired) electrons. The van der Waals surface area contributed by atoms with Crippen LogP contribution in [0.15, 0.2) is 28.9 Å². The minimum Gasteiger partial charge on any atom is -0.330 e. The summed E-state index contributed by atoms with van der Waals surface area (Å²) in [6, 6.07) is 4.77. The average Bonchev–Trinajstić information content (AvgIpc) is 2.79. The van der Waals surface area contributed by atoms with Crippen LogP contribution in [0.1, 0.15) is 6.42 Å². The summed E-state index contributed by atoms with van der Waals surface area (Å²) in [4.78, 5) is 0. The minimum atomic E-state index is -0.288. The molecule has 2 aromatic rings. The van der Waals surface area contributed by atoms with Gasteiger partial charge in [-0.15, -0.1) is 5.10 Å². The zero-order valence-corrected chi connectivity index (χ0v) is 10.7. The average molecular weight is 299 g/mol. The van der Waals surface area contributed by atoms with Gasteiger partial charge in [0.05, 0.1) is 10.7 Å². The first-order chi connectivity index (χ1) is 8.20. The number of aromatic nitrogens is 3. The maximum absolute atomic E-state index is 13.1. The summed E-state index contributed by atoms with van der Waals surface area (Å²) in [5.41, 5.74) is 6.98. The molecule has 1 aromatic heterocycles. The van der Waals surface area contributed by atoms with Crippen molar-refractivity contribution in [3.63, 3.8) is 0 Å². The van der Waals surface area contributed by atoms with Gasteiger partial charge in [0.1, 0.15) is 11.5 Å². The molecular weight excluding hydrogens is 287 g/mol. The number of halogens is 2. The Bertz CT molecular complexity index is 512. The lowest BCUT2D eigenvalue weighted by Gasteiger charge is -1.98. The lowest BCUT2D eigenvalue weighted by Crippen LogP contribution is -2.06. The lowest BCUT2D eigenvalue weighted by atomic mass is 10.2. The number of nitrogens with zero attached hydrogens (tertiary/aromatic N) is 3. The quantitative estimate of drug-likeness (QED) is 0.941. The Labute approximate surface area is 107 Å². The van der Waals surface area contributed by atoms with Crippen LogP contribution in [0, 0.1) is 5.82 Å². The SMILES string of the molecule is NCCCn1cc(-c2ccc(F)c(Br)c2)nn1. The van der Waals surface area contributed by atoms with Crippen LogP contribution in [0.4, 0.5) is 4.39 Å². The summed E-state index contributed by atoms with van der Waals surface area (Å²) in [6.45, 7) is 1.36. The van der Waals surface area contributed by atoms with Crippen molar-refractivity contribution in [1.82, 2.24) is 15.0 Å². The highest BCUT2D eigenvalue weighted by Crippen LogP contribution is 2.23. The molecule has 0 spiro atoms. The second kappa shape index (κ2) is 5.37. The zero-order chi connectivity index (χ0) is 12.3. The van der Waals surface area contributed by atoms with Gasteiger partial charge in [0.25, 0.3) is 0 Å². The molecule has 0 unspecified atom stereocenters. The van der Waals surface area contributed by atoms with E-state index >= 15 is 0 Å². The molecule has 90 valence electrons. The maximum atomic E-state index is 13.1. The van der Waals surface area contributed by atoms with Gasteiger partial charge in [0.15, 0.2) is 0 Å². The molecule has 0 atom stereocenters. The second-order valence-electron chi connectivity index (χ2n) is 3.64. The normalized spacial score (nSPS) is 10.8. The van der Waals surface area contributed by atoms with Crippen LogP contribution in [0.2, 0.25) is 0 Å². The van der Waals surface area contributed by atoms with Gasteiger partial charge >= 0.3 is 0 Å². The van der Waals surface area contributed by atoms with Gasteiger partial charge in [-0.3, -0.25) is 4.68 Å². The molecule has 2 rings (SSSR count). The first-order valence-corrected chi connectivity index (χ1v) is 6.05. The van der Waals surface area contributed by atoms with Crippen molar-refractivity contribution < 1.29 is 4.39 Å². The van der Waals surface area contributed by atoms with Crippen LogP contribution in [-0.4, -0.2) is 21.5 Å². The monoisotopic (exact) mass is 298 g/mol. The Morgan fingerprint density at radius 1 is 1.41 bits per heavy atom. The summed E-state index contributed by atoms with van der Waals surface area (Å²) in [5, 5.41) is 8.02. The Morgan fingerprint density at radius 3 is 2.94 bits per heavy atom. The van der Waals surface area contributed by atoms with E-state index < -0.39 is 0 Å². The van der Waals surface area contributed by atoms with Gasteiger partial charge in [0, 0.05) is 12.1 Å². The first-order valence-electron chi connectivity index (χ1n) is 5.26. The minimum absolute atomic E-state index is 0.288. The molecule has 0 aliphatic rings. The zero-order valence-electron chi connectivity index (χ0n) is 9.11. The van der Waals surface area contributed by atoms with Crippen LogP contribution in [0.3, 0.4) is 0 Å². The van der Waals surface area contributed by atoms with Gasteiger partial charge in [-0.25, -0.2) is 4.39 Å². The number of nitrogens with two attached hydrogens (primary N) is 1. The Balaban J connectivity index is 2.21. The van der Waals surface area contributed by atoms with Crippen molar-refractivity contribution in [1.29, 1.82) is 0 Å². The number of benzene rings is 1. The van der Waals surface area contributed by atoms with Crippen molar-refractivity contribution >= 4 is 15.9 Å². The fourth-order valence-electron chi connectivity index (χ4n) is 1.45. The van der Waals surface area contributed by atoms with E-state index in [4.69, 9.17) is 5.73 Å². The predicted octanol–water partition coefficient (Wildman–Crippen LogP) is 2.20. The molecule has 4 nitrogen and oxygen atoms in total. The molecule has 0 fully saturated rings. The van der Waals surface area contributed by atoms with E-state index in [1.807, 2.05) is 6.20 Å². The Hall–Kier alpha value is -1.27. The smallest absolute Gasteiger partial charge is 0.137 e. The van der Waals surface area contributed by atoms with E-state index in [9.17, 15) is 4.39 Å². The predicted molar refractivity (Wildman–Crippen MR) is 66.8 cm³/mol. The van der Waals surface area contributed by atoms with E-state index in [0.717, 1.165) is 24.2 Å². The summed E-state index contributed by atoms with van der Waals surface area (Å²) >= 11 is 3.15. The summed E-state index contributed by atoms with van der Waals surface area (Å²) < 4.78 is 15.2. The molecule has 0 saturated heterocycles. The molecule has 6 heteroatoms. The number of hydrogen-bond donors (Lipinski definition) is 1. The highest BCUT2D eigenvalue weighted by Gasteiger charge is 2.06. The van der Waals surface area contributed by atoms with Gasteiger partial charge < -0.3 is 5.73 Å². The summed E-state index contributed by atoms with van der Waals surface area (Å²) in [5.74, 6) is -0.288. The molecule has 2 N–H and O–H groups in total. The molecule has 17 heavy (non-hydrogen) atoms. The van der Waals surface area contributed by atoms with Gasteiger partial charge in [-0.2, -0.15) is 0 Å². The third-order valence-electron chi connectivity index (χ3n) is 2.35. The number of hydrogen-bond acceptors (Lipinski definition) is 3. The van der Waals surface area contributed by atoms with Crippen LogP contribution >= 0.6 is 15.9 Å². The van der Waals surface area contributed by atoms with Crippen molar-refractivity contribution in [3.8, 4) is 11.3 Å². The second-order valence-corrected chi connectivity index (χ2v) is 4.49. The van der Waals surface area contributed by atoms with Crippen molar-refractivity contribution in [3.05, 3.63) is 34.7 Å². The van der Waals surface area contributed by atoms with Crippen molar-refractivity contribution in [2.45, 2.75) is 13.0 Å². The fraction of sp³-hybridized carbons (Fsp3) is 0.273.